The van der Waals surface area contributed by atoms with Crippen LogP contribution in [0.2, 0.25) is 0 Å². The van der Waals surface area contributed by atoms with Gasteiger partial charge in [-0.25, -0.2) is 15.0 Å². The van der Waals surface area contributed by atoms with Gasteiger partial charge < -0.3 is 20.0 Å². The summed E-state index contributed by atoms with van der Waals surface area (Å²) in [6, 6.07) is 11.4. The zero-order valence-electron chi connectivity index (χ0n) is 18.1. The van der Waals surface area contributed by atoms with Crippen LogP contribution in [0, 0.1) is 5.41 Å². The van der Waals surface area contributed by atoms with Gasteiger partial charge in [-0.1, -0.05) is 12.1 Å². The van der Waals surface area contributed by atoms with Crippen molar-refractivity contribution in [1.29, 1.82) is 0 Å². The Hall–Kier alpha value is -3.78. The zero-order valence-corrected chi connectivity index (χ0v) is 18.1. The molecule has 0 saturated carbocycles. The van der Waals surface area contributed by atoms with Crippen LogP contribution in [0.25, 0.3) is 22.1 Å². The van der Waals surface area contributed by atoms with Crippen LogP contribution in [0.5, 0.6) is 0 Å². The van der Waals surface area contributed by atoms with E-state index in [2.05, 4.69) is 30.5 Å². The third kappa shape index (κ3) is 3.82. The van der Waals surface area contributed by atoms with E-state index in [0.29, 0.717) is 22.6 Å². The third-order valence-electron chi connectivity index (χ3n) is 6.84. The summed E-state index contributed by atoms with van der Waals surface area (Å²) in [5.41, 5.74) is 1.96. The van der Waals surface area contributed by atoms with E-state index in [1.807, 2.05) is 30.3 Å². The zero-order chi connectivity index (χ0) is 22.3. The number of piperidine rings is 1. The third-order valence-corrected chi connectivity index (χ3v) is 6.84. The average Bonchev–Trinajstić information content (AvgIpc) is 3.38. The number of anilines is 2. The molecule has 8 nitrogen and oxygen atoms in total. The van der Waals surface area contributed by atoms with Crippen molar-refractivity contribution in [2.75, 3.05) is 36.4 Å². The number of fused-ring (bicyclic) bond motifs is 1. The van der Waals surface area contributed by atoms with Crippen molar-refractivity contribution < 1.29 is 9.21 Å². The number of carbonyl (C=O) groups excluding carboxylic acids is 1. The summed E-state index contributed by atoms with van der Waals surface area (Å²) in [7, 11) is 0. The van der Waals surface area contributed by atoms with Gasteiger partial charge in [0.15, 0.2) is 12.2 Å². The number of nitrogens with one attached hydrogen (secondary N) is 2. The minimum atomic E-state index is -0.200. The second-order valence-electron chi connectivity index (χ2n) is 8.94. The topological polar surface area (TPSA) is 96.2 Å². The highest BCUT2D eigenvalue weighted by Crippen LogP contribution is 2.36. The number of rotatable bonds is 4. The average molecular weight is 441 g/mol. The second kappa shape index (κ2) is 7.97. The van der Waals surface area contributed by atoms with E-state index in [0.717, 1.165) is 61.2 Å². The van der Waals surface area contributed by atoms with Crippen molar-refractivity contribution in [2.45, 2.75) is 12.8 Å². The van der Waals surface area contributed by atoms with Crippen LogP contribution in [-0.2, 0) is 0 Å². The molecule has 2 aliphatic heterocycles. The van der Waals surface area contributed by atoms with Crippen molar-refractivity contribution in [2.24, 2.45) is 5.41 Å². The maximum atomic E-state index is 13.0. The summed E-state index contributed by atoms with van der Waals surface area (Å²) >= 11 is 0. The molecule has 4 aromatic rings. The quantitative estimate of drug-likeness (QED) is 0.499. The highest BCUT2D eigenvalue weighted by molar-refractivity contribution is 6.05. The van der Waals surface area contributed by atoms with Crippen molar-refractivity contribution in [3.8, 4) is 11.3 Å². The number of amides is 1. The molecule has 8 heteroatoms. The minimum Gasteiger partial charge on any atom is -0.444 e. The Labute approximate surface area is 191 Å². The number of oxazole rings is 1. The number of hydrogen-bond acceptors (Lipinski definition) is 7. The number of benzene rings is 1. The van der Waals surface area contributed by atoms with Crippen molar-refractivity contribution >= 4 is 28.3 Å². The molecule has 0 radical (unpaired) electrons. The van der Waals surface area contributed by atoms with Gasteiger partial charge in [-0.05, 0) is 47.9 Å². The van der Waals surface area contributed by atoms with E-state index in [-0.39, 0.29) is 5.91 Å². The molecular formula is C25H24N6O2. The molecule has 5 heterocycles. The van der Waals surface area contributed by atoms with E-state index in [9.17, 15) is 4.79 Å². The van der Waals surface area contributed by atoms with Gasteiger partial charge in [-0.2, -0.15) is 0 Å². The van der Waals surface area contributed by atoms with E-state index in [1.54, 1.807) is 24.7 Å². The van der Waals surface area contributed by atoms with Crippen LogP contribution in [0.4, 0.5) is 11.6 Å². The summed E-state index contributed by atoms with van der Waals surface area (Å²) in [6.07, 6.45) is 8.87. The Kier molecular flexibility index (Phi) is 4.80. The first-order valence-electron chi connectivity index (χ1n) is 11.2. The molecule has 2 aliphatic rings. The maximum absolute atomic E-state index is 13.0. The molecule has 2 fully saturated rings. The first kappa shape index (κ1) is 19.9. The molecule has 0 aliphatic carbocycles. The molecule has 2 N–H and O–H groups in total. The predicted molar refractivity (Wildman–Crippen MR) is 126 cm³/mol. The fourth-order valence-corrected chi connectivity index (χ4v) is 4.68. The highest BCUT2D eigenvalue weighted by Gasteiger charge is 2.39. The number of hydrogen-bond donors (Lipinski definition) is 2. The van der Waals surface area contributed by atoms with E-state index < -0.39 is 0 Å². The van der Waals surface area contributed by atoms with Gasteiger partial charge >= 0.3 is 0 Å². The first-order valence-corrected chi connectivity index (χ1v) is 11.2. The lowest BCUT2D eigenvalue weighted by Gasteiger charge is -2.48. The van der Waals surface area contributed by atoms with Gasteiger partial charge in [-0.15, -0.1) is 0 Å². The molecule has 0 atom stereocenters. The fourth-order valence-electron chi connectivity index (χ4n) is 4.68. The SMILES string of the molecule is O=C(Nc1cc2cc(-c3cnco3)ccc2cn1)c1ccnc(N2CCC3(CC2)CNC3)c1. The van der Waals surface area contributed by atoms with Gasteiger partial charge in [0.25, 0.3) is 5.91 Å². The molecule has 1 aromatic carbocycles. The van der Waals surface area contributed by atoms with Gasteiger partial charge in [-0.3, -0.25) is 4.79 Å². The normalized spacial score (nSPS) is 17.2. The fraction of sp³-hybridized carbons (Fsp3) is 0.280. The molecular weight excluding hydrogens is 416 g/mol. The minimum absolute atomic E-state index is 0.200. The van der Waals surface area contributed by atoms with Crippen LogP contribution >= 0.6 is 0 Å². The lowest BCUT2D eigenvalue weighted by atomic mass is 9.73. The monoisotopic (exact) mass is 440 g/mol. The van der Waals surface area contributed by atoms with Gasteiger partial charge in [0.1, 0.15) is 11.6 Å². The van der Waals surface area contributed by atoms with Crippen LogP contribution in [0.1, 0.15) is 23.2 Å². The largest absolute Gasteiger partial charge is 0.444 e. The Balaban J connectivity index is 1.19. The highest BCUT2D eigenvalue weighted by atomic mass is 16.3. The number of carbonyl (C=O) groups is 1. The summed E-state index contributed by atoms with van der Waals surface area (Å²) in [5, 5.41) is 8.25. The summed E-state index contributed by atoms with van der Waals surface area (Å²) in [4.78, 5) is 28.2. The first-order chi connectivity index (χ1) is 16.2. The van der Waals surface area contributed by atoms with Crippen LogP contribution in [-0.4, -0.2) is 47.0 Å². The number of pyridine rings is 2. The van der Waals surface area contributed by atoms with Crippen LogP contribution in [0.15, 0.2) is 65.8 Å². The summed E-state index contributed by atoms with van der Waals surface area (Å²) < 4.78 is 5.39. The van der Waals surface area contributed by atoms with E-state index in [4.69, 9.17) is 4.42 Å². The molecule has 0 bridgehead atoms. The molecule has 1 spiro atoms. The van der Waals surface area contributed by atoms with Gasteiger partial charge in [0.05, 0.1) is 6.20 Å². The Bertz CT molecular complexity index is 1310. The molecule has 166 valence electrons. The molecule has 2 saturated heterocycles. The Morgan fingerprint density at radius 1 is 1.03 bits per heavy atom. The number of nitrogens with zero attached hydrogens (tertiary/aromatic N) is 4. The van der Waals surface area contributed by atoms with E-state index >= 15 is 0 Å². The van der Waals surface area contributed by atoms with Gasteiger partial charge in [0.2, 0.25) is 0 Å². The van der Waals surface area contributed by atoms with Crippen LogP contribution < -0.4 is 15.5 Å². The second-order valence-corrected chi connectivity index (χ2v) is 8.94. The van der Waals surface area contributed by atoms with Gasteiger partial charge in [0, 0.05) is 55.1 Å². The van der Waals surface area contributed by atoms with Crippen LogP contribution in [0.3, 0.4) is 0 Å². The number of aromatic nitrogens is 3. The van der Waals surface area contributed by atoms with Crippen molar-refractivity contribution in [1.82, 2.24) is 20.3 Å². The lowest BCUT2D eigenvalue weighted by Crippen LogP contribution is -2.58. The Morgan fingerprint density at radius 2 is 1.91 bits per heavy atom. The van der Waals surface area contributed by atoms with Crippen molar-refractivity contribution in [3.05, 3.63) is 66.9 Å². The molecule has 33 heavy (non-hydrogen) atoms. The predicted octanol–water partition coefficient (Wildman–Crippen LogP) is 3.73. The lowest BCUT2D eigenvalue weighted by molar-refractivity contribution is 0.102. The molecule has 6 rings (SSSR count). The van der Waals surface area contributed by atoms with E-state index in [1.165, 1.54) is 6.39 Å². The standard InChI is InChI=1S/C25H24N6O2/c32-24(18-3-6-28-23(11-18)31-7-4-25(5-8-31)14-27-15-25)30-22-10-20-9-17(21-13-26-16-33-21)1-2-19(20)12-29-22/h1-3,6,9-13,16,27H,4-5,7-8,14-15H2,(H,29,30,32). The molecule has 0 unspecified atom stereocenters. The summed E-state index contributed by atoms with van der Waals surface area (Å²) in [5.74, 6) is 1.85. The smallest absolute Gasteiger partial charge is 0.257 e. The molecule has 1 amide bonds. The maximum Gasteiger partial charge on any atom is 0.257 e. The Morgan fingerprint density at radius 3 is 2.67 bits per heavy atom. The molecule has 3 aromatic heterocycles. The van der Waals surface area contributed by atoms with Crippen molar-refractivity contribution in [3.63, 3.8) is 0 Å². The summed E-state index contributed by atoms with van der Waals surface area (Å²) in [6.45, 7) is 4.18.